The van der Waals surface area contributed by atoms with Crippen LogP contribution in [0.4, 0.5) is 0 Å². The summed E-state index contributed by atoms with van der Waals surface area (Å²) >= 11 is 0. The molecule has 1 heterocycles. The van der Waals surface area contributed by atoms with Gasteiger partial charge in [0.25, 0.3) is 0 Å². The van der Waals surface area contributed by atoms with Crippen molar-refractivity contribution in [3.8, 4) is 5.75 Å². The highest BCUT2D eigenvalue weighted by Gasteiger charge is 2.09. The number of hydrogen-bond donors (Lipinski definition) is 0. The highest BCUT2D eigenvalue weighted by Crippen LogP contribution is 2.13. The molecule has 6 nitrogen and oxygen atoms in total. The number of ether oxygens (including phenoxy) is 1. The summed E-state index contributed by atoms with van der Waals surface area (Å²) in [6.07, 6.45) is 4.55. The Kier molecular flexibility index (Phi) is 5.21. The van der Waals surface area contributed by atoms with Crippen LogP contribution in [0.25, 0.3) is 0 Å². The standard InChI is InChI=1S/C19H17N3O3/c1-22-12-18(20-14-22)19(23)25-21-11-15-7-9-17(10-8-15)24-13-16-5-3-2-4-6-16/h2-12,14H,13H2,1H3. The van der Waals surface area contributed by atoms with Crippen molar-refractivity contribution in [1.82, 2.24) is 9.55 Å². The lowest BCUT2D eigenvalue weighted by molar-refractivity contribution is 0.0513. The van der Waals surface area contributed by atoms with E-state index in [9.17, 15) is 4.79 Å². The number of carbonyl (C=O) groups excluding carboxylic acids is 1. The van der Waals surface area contributed by atoms with Gasteiger partial charge in [-0.1, -0.05) is 35.5 Å². The van der Waals surface area contributed by atoms with Gasteiger partial charge >= 0.3 is 5.97 Å². The van der Waals surface area contributed by atoms with Crippen molar-refractivity contribution >= 4 is 12.2 Å². The second-order valence-electron chi connectivity index (χ2n) is 5.38. The summed E-state index contributed by atoms with van der Waals surface area (Å²) in [5.41, 5.74) is 2.11. The molecule has 3 aromatic rings. The van der Waals surface area contributed by atoms with Crippen molar-refractivity contribution in [2.24, 2.45) is 12.2 Å². The topological polar surface area (TPSA) is 65.7 Å². The molecule has 1 aromatic heterocycles. The number of aromatic nitrogens is 2. The molecule has 0 amide bonds. The molecule has 6 heteroatoms. The number of aryl methyl sites for hydroxylation is 1. The number of carbonyl (C=O) groups is 1. The quantitative estimate of drug-likeness (QED) is 0.394. The minimum atomic E-state index is -0.598. The summed E-state index contributed by atoms with van der Waals surface area (Å²) in [5, 5.41) is 3.69. The molecule has 0 radical (unpaired) electrons. The summed E-state index contributed by atoms with van der Waals surface area (Å²) in [6, 6.07) is 17.3. The van der Waals surface area contributed by atoms with Gasteiger partial charge in [0, 0.05) is 13.2 Å². The Morgan fingerprint density at radius 3 is 2.60 bits per heavy atom. The van der Waals surface area contributed by atoms with E-state index in [0.717, 1.165) is 16.9 Å². The maximum atomic E-state index is 11.7. The molecule has 0 bridgehead atoms. The molecule has 25 heavy (non-hydrogen) atoms. The Morgan fingerprint density at radius 2 is 1.92 bits per heavy atom. The van der Waals surface area contributed by atoms with Crippen molar-refractivity contribution in [1.29, 1.82) is 0 Å². The van der Waals surface area contributed by atoms with Crippen molar-refractivity contribution < 1.29 is 14.4 Å². The third-order valence-electron chi connectivity index (χ3n) is 3.38. The maximum absolute atomic E-state index is 11.7. The third-order valence-corrected chi connectivity index (χ3v) is 3.38. The van der Waals surface area contributed by atoms with E-state index in [4.69, 9.17) is 9.57 Å². The predicted molar refractivity (Wildman–Crippen MR) is 93.4 cm³/mol. The third kappa shape index (κ3) is 4.78. The first-order valence-corrected chi connectivity index (χ1v) is 7.70. The number of hydrogen-bond acceptors (Lipinski definition) is 5. The Hall–Kier alpha value is -3.41. The van der Waals surface area contributed by atoms with Crippen LogP contribution in [-0.4, -0.2) is 21.7 Å². The summed E-state index contributed by atoms with van der Waals surface area (Å²) in [4.78, 5) is 20.4. The van der Waals surface area contributed by atoms with Crippen LogP contribution >= 0.6 is 0 Å². The first-order valence-electron chi connectivity index (χ1n) is 7.70. The largest absolute Gasteiger partial charge is 0.489 e. The zero-order valence-electron chi connectivity index (χ0n) is 13.7. The first kappa shape index (κ1) is 16.4. The lowest BCUT2D eigenvalue weighted by Crippen LogP contribution is -2.01. The van der Waals surface area contributed by atoms with Crippen LogP contribution in [0, 0.1) is 0 Å². The zero-order valence-corrected chi connectivity index (χ0v) is 13.7. The van der Waals surface area contributed by atoms with Crippen molar-refractivity contribution in [2.75, 3.05) is 0 Å². The lowest BCUT2D eigenvalue weighted by atomic mass is 10.2. The second kappa shape index (κ2) is 7.92. The molecule has 0 aliphatic heterocycles. The highest BCUT2D eigenvalue weighted by atomic mass is 16.7. The number of benzene rings is 2. The van der Waals surface area contributed by atoms with E-state index in [0.29, 0.717) is 6.61 Å². The molecular formula is C19H17N3O3. The van der Waals surface area contributed by atoms with Gasteiger partial charge in [0.05, 0.1) is 12.5 Å². The zero-order chi connectivity index (χ0) is 17.5. The smallest absolute Gasteiger partial charge is 0.385 e. The molecule has 2 aromatic carbocycles. The Labute approximate surface area is 145 Å². The van der Waals surface area contributed by atoms with E-state index < -0.39 is 5.97 Å². The van der Waals surface area contributed by atoms with Crippen molar-refractivity contribution in [2.45, 2.75) is 6.61 Å². The average molecular weight is 335 g/mol. The molecule has 0 aliphatic carbocycles. The van der Waals surface area contributed by atoms with E-state index in [2.05, 4.69) is 10.1 Å². The van der Waals surface area contributed by atoms with Gasteiger partial charge < -0.3 is 14.1 Å². The fraction of sp³-hybridized carbons (Fsp3) is 0.105. The fourth-order valence-electron chi connectivity index (χ4n) is 2.09. The highest BCUT2D eigenvalue weighted by molar-refractivity contribution is 5.87. The molecular weight excluding hydrogens is 318 g/mol. The van der Waals surface area contributed by atoms with Crippen molar-refractivity contribution in [3.05, 3.63) is 83.9 Å². The van der Waals surface area contributed by atoms with Crippen LogP contribution in [0.5, 0.6) is 5.75 Å². The second-order valence-corrected chi connectivity index (χ2v) is 5.38. The molecule has 0 spiro atoms. The van der Waals surface area contributed by atoms with Crippen LogP contribution in [-0.2, 0) is 18.5 Å². The molecule has 0 fully saturated rings. The van der Waals surface area contributed by atoms with Gasteiger partial charge in [0.15, 0.2) is 5.69 Å². The first-order chi connectivity index (χ1) is 12.2. The summed E-state index contributed by atoms with van der Waals surface area (Å²) in [7, 11) is 1.77. The molecule has 3 rings (SSSR count). The van der Waals surface area contributed by atoms with Gasteiger partial charge in [-0.05, 0) is 35.4 Å². The average Bonchev–Trinajstić information content (AvgIpc) is 3.08. The Balaban J connectivity index is 1.51. The van der Waals surface area contributed by atoms with Crippen LogP contribution in [0.15, 0.2) is 72.3 Å². The van der Waals surface area contributed by atoms with Crippen LogP contribution < -0.4 is 4.74 Å². The number of rotatable bonds is 6. The van der Waals surface area contributed by atoms with Gasteiger partial charge in [-0.15, -0.1) is 0 Å². The van der Waals surface area contributed by atoms with Gasteiger partial charge in [-0.3, -0.25) is 0 Å². The van der Waals surface area contributed by atoms with E-state index in [1.165, 1.54) is 12.5 Å². The molecule has 0 aliphatic rings. The van der Waals surface area contributed by atoms with Gasteiger partial charge in [0.1, 0.15) is 12.4 Å². The van der Waals surface area contributed by atoms with E-state index in [1.54, 1.807) is 17.8 Å². The predicted octanol–water partition coefficient (Wildman–Crippen LogP) is 3.19. The van der Waals surface area contributed by atoms with Crippen LogP contribution in [0.3, 0.4) is 0 Å². The van der Waals surface area contributed by atoms with Gasteiger partial charge in [-0.25, -0.2) is 9.78 Å². The monoisotopic (exact) mass is 335 g/mol. The lowest BCUT2D eigenvalue weighted by Gasteiger charge is -2.06. The summed E-state index contributed by atoms with van der Waals surface area (Å²) in [5.74, 6) is 0.158. The van der Waals surface area contributed by atoms with E-state index in [1.807, 2.05) is 54.6 Å². The fourth-order valence-corrected chi connectivity index (χ4v) is 2.09. The minimum absolute atomic E-state index is 0.212. The summed E-state index contributed by atoms with van der Waals surface area (Å²) in [6.45, 7) is 0.510. The van der Waals surface area contributed by atoms with Gasteiger partial charge in [-0.2, -0.15) is 0 Å². The molecule has 0 unspecified atom stereocenters. The Bertz CT molecular complexity index is 855. The molecule has 0 atom stereocenters. The van der Waals surface area contributed by atoms with Crippen molar-refractivity contribution in [3.63, 3.8) is 0 Å². The number of imidazole rings is 1. The normalized spacial score (nSPS) is 10.8. The minimum Gasteiger partial charge on any atom is -0.489 e. The van der Waals surface area contributed by atoms with E-state index >= 15 is 0 Å². The summed E-state index contributed by atoms with van der Waals surface area (Å²) < 4.78 is 7.37. The van der Waals surface area contributed by atoms with Gasteiger partial charge in [0.2, 0.25) is 0 Å². The van der Waals surface area contributed by atoms with E-state index in [-0.39, 0.29) is 5.69 Å². The Morgan fingerprint density at radius 1 is 1.16 bits per heavy atom. The van der Waals surface area contributed by atoms with Crippen LogP contribution in [0.2, 0.25) is 0 Å². The SMILES string of the molecule is Cn1cnc(C(=O)ON=Cc2ccc(OCc3ccccc3)cc2)c1. The molecule has 126 valence electrons. The number of nitrogens with zero attached hydrogens (tertiary/aromatic N) is 3. The molecule has 0 saturated carbocycles. The number of oxime groups is 1. The van der Waals surface area contributed by atoms with Crippen LogP contribution in [0.1, 0.15) is 21.6 Å². The molecule has 0 N–H and O–H groups in total. The molecule has 0 saturated heterocycles. The maximum Gasteiger partial charge on any atom is 0.385 e.